The molecule has 2 aromatic rings. The second-order valence-corrected chi connectivity index (χ2v) is 5.09. The average Bonchev–Trinajstić information content (AvgIpc) is 2.46. The first-order valence-corrected chi connectivity index (χ1v) is 6.88. The van der Waals surface area contributed by atoms with Gasteiger partial charge in [0.25, 0.3) is 5.91 Å². The number of halogens is 2. The molecule has 0 saturated carbocycles. The van der Waals surface area contributed by atoms with Gasteiger partial charge in [-0.3, -0.25) is 4.79 Å². The predicted molar refractivity (Wildman–Crippen MR) is 80.4 cm³/mol. The van der Waals surface area contributed by atoms with Gasteiger partial charge in [0.1, 0.15) is 11.9 Å². The van der Waals surface area contributed by atoms with Crippen molar-refractivity contribution >= 4 is 23.5 Å². The molecule has 0 spiro atoms. The van der Waals surface area contributed by atoms with Crippen molar-refractivity contribution in [3.63, 3.8) is 0 Å². The molecule has 0 radical (unpaired) electrons. The Morgan fingerprint density at radius 3 is 2.55 bits per heavy atom. The zero-order valence-corrected chi connectivity index (χ0v) is 12.2. The van der Waals surface area contributed by atoms with Crippen LogP contribution in [-0.4, -0.2) is 23.0 Å². The smallest absolute Gasteiger partial charge is 0.326 e. The van der Waals surface area contributed by atoms with Crippen LogP contribution in [0.1, 0.15) is 15.9 Å². The topological polar surface area (TPSA) is 66.4 Å². The molecule has 1 amide bonds. The molecule has 2 aromatic carbocycles. The van der Waals surface area contributed by atoms with Crippen molar-refractivity contribution in [3.05, 3.63) is 70.5 Å². The third kappa shape index (κ3) is 4.05. The van der Waals surface area contributed by atoms with E-state index in [2.05, 4.69) is 5.32 Å². The number of nitrogens with one attached hydrogen (secondary N) is 1. The molecule has 114 valence electrons. The van der Waals surface area contributed by atoms with E-state index in [1.165, 1.54) is 24.3 Å². The first-order valence-electron chi connectivity index (χ1n) is 6.50. The summed E-state index contributed by atoms with van der Waals surface area (Å²) in [5.74, 6) is -2.25. The van der Waals surface area contributed by atoms with Crippen LogP contribution in [0.2, 0.25) is 5.02 Å². The van der Waals surface area contributed by atoms with Gasteiger partial charge in [-0.05, 0) is 29.8 Å². The lowest BCUT2D eigenvalue weighted by Crippen LogP contribution is -2.42. The third-order valence-electron chi connectivity index (χ3n) is 3.05. The second-order valence-electron chi connectivity index (χ2n) is 4.68. The highest BCUT2D eigenvalue weighted by Gasteiger charge is 2.22. The van der Waals surface area contributed by atoms with Gasteiger partial charge in [-0.2, -0.15) is 0 Å². The molecule has 0 fully saturated rings. The fourth-order valence-electron chi connectivity index (χ4n) is 1.98. The standard InChI is InChI=1S/C16H13ClFNO3/c17-13-7-2-1-6-12(13)15(20)19-14(16(21)22)9-10-4-3-5-11(18)8-10/h1-8,14H,9H2,(H,19,20)(H,21,22)/t14-/m0/s1. The number of carboxylic acid groups (broad SMARTS) is 1. The fourth-order valence-corrected chi connectivity index (χ4v) is 2.20. The summed E-state index contributed by atoms with van der Waals surface area (Å²) in [7, 11) is 0. The van der Waals surface area contributed by atoms with Crippen molar-refractivity contribution in [1.82, 2.24) is 5.32 Å². The zero-order chi connectivity index (χ0) is 16.1. The van der Waals surface area contributed by atoms with E-state index in [1.807, 2.05) is 0 Å². The lowest BCUT2D eigenvalue weighted by molar-refractivity contribution is -0.139. The van der Waals surface area contributed by atoms with Gasteiger partial charge < -0.3 is 10.4 Å². The molecule has 0 bridgehead atoms. The maximum atomic E-state index is 13.1. The van der Waals surface area contributed by atoms with Crippen molar-refractivity contribution in [3.8, 4) is 0 Å². The van der Waals surface area contributed by atoms with Crippen LogP contribution in [0.5, 0.6) is 0 Å². The molecule has 0 aliphatic carbocycles. The van der Waals surface area contributed by atoms with Crippen molar-refractivity contribution in [2.45, 2.75) is 12.5 Å². The Labute approximate surface area is 131 Å². The van der Waals surface area contributed by atoms with Gasteiger partial charge in [-0.1, -0.05) is 35.9 Å². The molecule has 2 N–H and O–H groups in total. The quantitative estimate of drug-likeness (QED) is 0.890. The Morgan fingerprint density at radius 2 is 1.91 bits per heavy atom. The van der Waals surface area contributed by atoms with Crippen LogP contribution < -0.4 is 5.32 Å². The van der Waals surface area contributed by atoms with E-state index in [-0.39, 0.29) is 17.0 Å². The second kappa shape index (κ2) is 7.04. The van der Waals surface area contributed by atoms with Gasteiger partial charge in [-0.25, -0.2) is 9.18 Å². The van der Waals surface area contributed by atoms with Crippen molar-refractivity contribution in [2.24, 2.45) is 0 Å². The van der Waals surface area contributed by atoms with Gasteiger partial charge in [-0.15, -0.1) is 0 Å². The van der Waals surface area contributed by atoms with Gasteiger partial charge >= 0.3 is 5.97 Å². The maximum Gasteiger partial charge on any atom is 0.326 e. The van der Waals surface area contributed by atoms with Gasteiger partial charge in [0.15, 0.2) is 0 Å². The summed E-state index contributed by atoms with van der Waals surface area (Å²) < 4.78 is 13.1. The van der Waals surface area contributed by atoms with E-state index in [0.29, 0.717) is 5.56 Å². The number of benzene rings is 2. The van der Waals surface area contributed by atoms with Crippen molar-refractivity contribution < 1.29 is 19.1 Å². The van der Waals surface area contributed by atoms with Crippen molar-refractivity contribution in [1.29, 1.82) is 0 Å². The number of aliphatic carboxylic acids is 1. The molecular formula is C16H13ClFNO3. The number of carboxylic acids is 1. The molecule has 4 nitrogen and oxygen atoms in total. The minimum absolute atomic E-state index is 0.0245. The minimum atomic E-state index is -1.20. The number of carbonyl (C=O) groups excluding carboxylic acids is 1. The van der Waals surface area contributed by atoms with E-state index in [4.69, 9.17) is 11.6 Å². The summed E-state index contributed by atoms with van der Waals surface area (Å²) in [4.78, 5) is 23.4. The molecule has 0 aromatic heterocycles. The lowest BCUT2D eigenvalue weighted by Gasteiger charge is -2.15. The molecule has 0 unspecified atom stereocenters. The van der Waals surface area contributed by atoms with Gasteiger partial charge in [0, 0.05) is 6.42 Å². The normalized spacial score (nSPS) is 11.7. The molecule has 0 saturated heterocycles. The Balaban J connectivity index is 2.14. The number of carbonyl (C=O) groups is 2. The van der Waals surface area contributed by atoms with E-state index >= 15 is 0 Å². The Bertz CT molecular complexity index is 705. The highest BCUT2D eigenvalue weighted by atomic mass is 35.5. The van der Waals surface area contributed by atoms with Crippen LogP contribution in [0.4, 0.5) is 4.39 Å². The summed E-state index contributed by atoms with van der Waals surface area (Å²) in [6.07, 6.45) is -0.0245. The third-order valence-corrected chi connectivity index (χ3v) is 3.38. The Kier molecular flexibility index (Phi) is 5.12. The highest BCUT2D eigenvalue weighted by Crippen LogP contribution is 2.15. The Hall–Kier alpha value is -2.40. The van der Waals surface area contributed by atoms with E-state index < -0.39 is 23.7 Å². The lowest BCUT2D eigenvalue weighted by atomic mass is 10.1. The summed E-state index contributed by atoms with van der Waals surface area (Å²) in [5.41, 5.74) is 0.668. The highest BCUT2D eigenvalue weighted by molar-refractivity contribution is 6.33. The number of amides is 1. The monoisotopic (exact) mass is 321 g/mol. The zero-order valence-electron chi connectivity index (χ0n) is 11.4. The molecule has 22 heavy (non-hydrogen) atoms. The molecule has 6 heteroatoms. The molecule has 2 rings (SSSR count). The average molecular weight is 322 g/mol. The molecule has 1 atom stereocenters. The van der Waals surface area contributed by atoms with Crippen LogP contribution >= 0.6 is 11.6 Å². The number of hydrogen-bond donors (Lipinski definition) is 2. The SMILES string of the molecule is O=C(N[C@@H](Cc1cccc(F)c1)C(=O)O)c1ccccc1Cl. The predicted octanol–water partition coefficient (Wildman–Crippen LogP) is 2.90. The summed E-state index contributed by atoms with van der Waals surface area (Å²) in [5, 5.41) is 11.9. The summed E-state index contributed by atoms with van der Waals surface area (Å²) >= 11 is 5.91. The van der Waals surface area contributed by atoms with Crippen LogP contribution in [-0.2, 0) is 11.2 Å². The van der Waals surface area contributed by atoms with Crippen LogP contribution in [0.25, 0.3) is 0 Å². The van der Waals surface area contributed by atoms with E-state index in [1.54, 1.807) is 24.3 Å². The summed E-state index contributed by atoms with van der Waals surface area (Å²) in [6, 6.07) is 10.7. The molecule has 0 heterocycles. The van der Waals surface area contributed by atoms with Gasteiger partial charge in [0.05, 0.1) is 10.6 Å². The number of hydrogen-bond acceptors (Lipinski definition) is 2. The molecule has 0 aliphatic rings. The first kappa shape index (κ1) is 16.0. The largest absolute Gasteiger partial charge is 0.480 e. The number of rotatable bonds is 5. The Morgan fingerprint density at radius 1 is 1.18 bits per heavy atom. The maximum absolute atomic E-state index is 13.1. The van der Waals surface area contributed by atoms with Crippen molar-refractivity contribution in [2.75, 3.05) is 0 Å². The van der Waals surface area contributed by atoms with E-state index in [9.17, 15) is 19.1 Å². The van der Waals surface area contributed by atoms with Crippen LogP contribution in [0.3, 0.4) is 0 Å². The minimum Gasteiger partial charge on any atom is -0.480 e. The summed E-state index contributed by atoms with van der Waals surface area (Å²) in [6.45, 7) is 0. The van der Waals surface area contributed by atoms with Crippen LogP contribution in [0, 0.1) is 5.82 Å². The van der Waals surface area contributed by atoms with Gasteiger partial charge in [0.2, 0.25) is 0 Å². The van der Waals surface area contributed by atoms with Crippen LogP contribution in [0.15, 0.2) is 48.5 Å². The fraction of sp³-hybridized carbons (Fsp3) is 0.125. The molecular weight excluding hydrogens is 309 g/mol. The molecule has 0 aliphatic heterocycles. The first-order chi connectivity index (χ1) is 10.5. The van der Waals surface area contributed by atoms with E-state index in [0.717, 1.165) is 0 Å².